The van der Waals surface area contributed by atoms with Crippen LogP contribution in [0.4, 0.5) is 0 Å². The molecule has 1 aliphatic heterocycles. The molecule has 0 radical (unpaired) electrons. The number of hydrogen-bond acceptors (Lipinski definition) is 6. The van der Waals surface area contributed by atoms with Crippen molar-refractivity contribution in [2.45, 2.75) is 84.0 Å². The molecule has 6 nitrogen and oxygen atoms in total. The second-order valence-electron chi connectivity index (χ2n) is 7.87. The lowest BCUT2D eigenvalue weighted by Gasteiger charge is -2.09. The first-order valence-electron chi connectivity index (χ1n) is 11.2. The summed E-state index contributed by atoms with van der Waals surface area (Å²) in [4.78, 5) is 28.8. The van der Waals surface area contributed by atoms with Crippen LogP contribution in [-0.4, -0.2) is 30.9 Å². The Morgan fingerprint density at radius 2 is 1.50 bits per heavy atom. The number of carbonyl (C=O) groups excluding carboxylic acids is 2. The third-order valence-corrected chi connectivity index (χ3v) is 5.12. The van der Waals surface area contributed by atoms with Crippen molar-refractivity contribution in [2.24, 2.45) is 5.16 Å². The summed E-state index contributed by atoms with van der Waals surface area (Å²) in [6.45, 7) is 2.18. The molecule has 0 atom stereocenters. The zero-order chi connectivity index (χ0) is 21.4. The van der Waals surface area contributed by atoms with Crippen LogP contribution in [0.15, 0.2) is 29.4 Å². The molecule has 0 saturated carbocycles. The minimum Gasteiger partial charge on any atom is -0.482 e. The quantitative estimate of drug-likeness (QED) is 0.367. The van der Waals surface area contributed by atoms with E-state index >= 15 is 0 Å². The molecule has 6 heteroatoms. The monoisotopic (exact) mass is 417 g/mol. The fourth-order valence-electron chi connectivity index (χ4n) is 3.33. The van der Waals surface area contributed by atoms with Crippen molar-refractivity contribution < 1.29 is 23.9 Å². The van der Waals surface area contributed by atoms with Crippen LogP contribution in [0.2, 0.25) is 0 Å². The Bertz CT molecular complexity index is 669. The number of aryl methyl sites for hydroxylation is 1. The molecule has 0 spiro atoms. The van der Waals surface area contributed by atoms with E-state index in [-0.39, 0.29) is 12.6 Å². The summed E-state index contributed by atoms with van der Waals surface area (Å²) in [5, 5.41) is 4.08. The van der Waals surface area contributed by atoms with E-state index in [1.807, 2.05) is 31.2 Å². The Labute approximate surface area is 180 Å². The van der Waals surface area contributed by atoms with Crippen LogP contribution >= 0.6 is 0 Å². The Morgan fingerprint density at radius 3 is 2.20 bits per heavy atom. The summed E-state index contributed by atoms with van der Waals surface area (Å²) >= 11 is 0. The van der Waals surface area contributed by atoms with Crippen molar-refractivity contribution in [2.75, 3.05) is 13.2 Å². The fraction of sp³-hybridized carbons (Fsp3) is 0.625. The zero-order valence-electron chi connectivity index (χ0n) is 18.2. The van der Waals surface area contributed by atoms with Crippen LogP contribution in [0.25, 0.3) is 0 Å². The topological polar surface area (TPSA) is 74.2 Å². The lowest BCUT2D eigenvalue weighted by molar-refractivity contribution is -0.146. The number of hydrogen-bond donors (Lipinski definition) is 0. The van der Waals surface area contributed by atoms with Crippen molar-refractivity contribution in [1.29, 1.82) is 0 Å². The molecule has 2 rings (SSSR count). The Hall–Kier alpha value is -2.37. The molecule has 0 amide bonds. The smallest absolute Gasteiger partial charge is 0.372 e. The summed E-state index contributed by atoms with van der Waals surface area (Å²) < 4.78 is 10.7. The number of ether oxygens (including phenoxy) is 2. The third kappa shape index (κ3) is 11.0. The van der Waals surface area contributed by atoms with Gasteiger partial charge in [0.15, 0.2) is 6.61 Å². The molecule has 30 heavy (non-hydrogen) atoms. The Balaban J connectivity index is 1.79. The summed E-state index contributed by atoms with van der Waals surface area (Å²) in [7, 11) is 0. The first-order chi connectivity index (χ1) is 14.6. The van der Waals surface area contributed by atoms with E-state index in [0.29, 0.717) is 31.6 Å². The molecule has 166 valence electrons. The predicted octanol–water partition coefficient (Wildman–Crippen LogP) is 5.51. The highest BCUT2D eigenvalue weighted by atomic mass is 16.7. The SMILES string of the molecule is Cc1ccc(OCC(=O)O/N=C2/CCCCCCCCCCC(=O)OCCC2)cc1. The average Bonchev–Trinajstić information content (AvgIpc) is 2.74. The number of oxime groups is 1. The molecule has 0 aromatic heterocycles. The van der Waals surface area contributed by atoms with Gasteiger partial charge in [0.05, 0.1) is 12.3 Å². The molecule has 0 aliphatic carbocycles. The molecule has 1 saturated heterocycles. The van der Waals surface area contributed by atoms with Crippen molar-refractivity contribution in [1.82, 2.24) is 0 Å². The summed E-state index contributed by atoms with van der Waals surface area (Å²) in [6, 6.07) is 7.48. The molecule has 1 aliphatic rings. The van der Waals surface area contributed by atoms with Crippen LogP contribution in [0.3, 0.4) is 0 Å². The standard InChI is InChI=1S/C24H35NO5/c1-20-14-16-22(17-15-20)29-19-24(27)30-25-21-11-8-6-4-2-3-5-7-9-13-23(26)28-18-10-12-21/h14-17H,2-13,18-19H2,1H3/b25-21-. The summed E-state index contributed by atoms with van der Waals surface area (Å²) in [5.74, 6) is -0.0290. The third-order valence-electron chi connectivity index (χ3n) is 5.12. The number of rotatable bonds is 4. The molecular weight excluding hydrogens is 382 g/mol. The Morgan fingerprint density at radius 1 is 0.900 bits per heavy atom. The largest absolute Gasteiger partial charge is 0.482 e. The number of benzene rings is 1. The maximum absolute atomic E-state index is 12.0. The van der Waals surface area contributed by atoms with Crippen molar-refractivity contribution >= 4 is 17.7 Å². The van der Waals surface area contributed by atoms with E-state index in [0.717, 1.165) is 43.4 Å². The lowest BCUT2D eigenvalue weighted by Crippen LogP contribution is -2.14. The van der Waals surface area contributed by atoms with Crippen molar-refractivity contribution in [3.63, 3.8) is 0 Å². The van der Waals surface area contributed by atoms with Gasteiger partial charge in [0.2, 0.25) is 0 Å². The molecule has 1 aromatic rings. The van der Waals surface area contributed by atoms with Crippen LogP contribution in [0, 0.1) is 6.92 Å². The molecular formula is C24H35NO5. The van der Waals surface area contributed by atoms with Gasteiger partial charge in [-0.2, -0.15) is 0 Å². The van der Waals surface area contributed by atoms with E-state index in [1.54, 1.807) is 0 Å². The molecule has 0 bridgehead atoms. The molecule has 0 unspecified atom stereocenters. The van der Waals surface area contributed by atoms with Crippen LogP contribution in [0.5, 0.6) is 5.75 Å². The van der Waals surface area contributed by atoms with Gasteiger partial charge < -0.3 is 14.3 Å². The van der Waals surface area contributed by atoms with Gasteiger partial charge in [-0.3, -0.25) is 4.79 Å². The molecule has 1 fully saturated rings. The second kappa shape index (κ2) is 14.6. The number of cyclic esters (lactones) is 1. The van der Waals surface area contributed by atoms with Gasteiger partial charge in [0.25, 0.3) is 0 Å². The van der Waals surface area contributed by atoms with Crippen LogP contribution in [-0.2, 0) is 19.2 Å². The molecule has 1 aromatic carbocycles. The first-order valence-corrected chi connectivity index (χ1v) is 11.2. The summed E-state index contributed by atoms with van der Waals surface area (Å²) in [6.07, 6.45) is 11.6. The van der Waals surface area contributed by atoms with E-state index in [4.69, 9.17) is 14.3 Å². The minimum absolute atomic E-state index is 0.125. The highest BCUT2D eigenvalue weighted by molar-refractivity contribution is 5.85. The Kier molecular flexibility index (Phi) is 11.6. The maximum atomic E-state index is 12.0. The lowest BCUT2D eigenvalue weighted by atomic mass is 10.0. The normalized spacial score (nSPS) is 19.1. The number of carbonyl (C=O) groups is 2. The zero-order valence-corrected chi connectivity index (χ0v) is 18.2. The number of nitrogens with zero attached hydrogens (tertiary/aromatic N) is 1. The highest BCUT2D eigenvalue weighted by Gasteiger charge is 2.09. The average molecular weight is 418 g/mol. The first kappa shape index (κ1) is 23.9. The maximum Gasteiger partial charge on any atom is 0.372 e. The molecule has 0 N–H and O–H groups in total. The highest BCUT2D eigenvalue weighted by Crippen LogP contribution is 2.14. The van der Waals surface area contributed by atoms with E-state index in [2.05, 4.69) is 5.16 Å². The minimum atomic E-state index is -0.526. The van der Waals surface area contributed by atoms with E-state index in [9.17, 15) is 9.59 Å². The summed E-state index contributed by atoms with van der Waals surface area (Å²) in [5.41, 5.74) is 1.96. The van der Waals surface area contributed by atoms with Gasteiger partial charge in [-0.15, -0.1) is 0 Å². The van der Waals surface area contributed by atoms with Gasteiger partial charge in [0.1, 0.15) is 5.75 Å². The van der Waals surface area contributed by atoms with Gasteiger partial charge in [0, 0.05) is 6.42 Å². The van der Waals surface area contributed by atoms with Gasteiger partial charge >= 0.3 is 11.9 Å². The fourth-order valence-corrected chi connectivity index (χ4v) is 3.33. The van der Waals surface area contributed by atoms with Gasteiger partial charge in [-0.1, -0.05) is 61.4 Å². The second-order valence-corrected chi connectivity index (χ2v) is 7.87. The van der Waals surface area contributed by atoms with Crippen molar-refractivity contribution in [3.05, 3.63) is 29.8 Å². The van der Waals surface area contributed by atoms with Crippen molar-refractivity contribution in [3.8, 4) is 5.75 Å². The molecule has 1 heterocycles. The predicted molar refractivity (Wildman–Crippen MR) is 117 cm³/mol. The van der Waals surface area contributed by atoms with Crippen LogP contribution < -0.4 is 4.74 Å². The van der Waals surface area contributed by atoms with Gasteiger partial charge in [-0.25, -0.2) is 4.79 Å². The number of esters is 1. The van der Waals surface area contributed by atoms with Crippen LogP contribution in [0.1, 0.15) is 82.6 Å². The van der Waals surface area contributed by atoms with Gasteiger partial charge in [-0.05, 0) is 51.2 Å². The van der Waals surface area contributed by atoms with E-state index in [1.165, 1.54) is 25.7 Å². The van der Waals surface area contributed by atoms with E-state index < -0.39 is 5.97 Å².